The molecule has 148 valence electrons. The number of H-pyrrole nitrogens is 1. The Balaban J connectivity index is 1.74. The summed E-state index contributed by atoms with van der Waals surface area (Å²) in [5.41, 5.74) is 2.54. The molecule has 3 aromatic heterocycles. The SMILES string of the molecule is CCCN(CC(=O)c1[nH]c(C)c(C(C)=O)c1C)Cc1nnc(-c2cccs2)o1. The third kappa shape index (κ3) is 4.28. The lowest BCUT2D eigenvalue weighted by atomic mass is 10.1. The van der Waals surface area contributed by atoms with Gasteiger partial charge in [0.1, 0.15) is 0 Å². The van der Waals surface area contributed by atoms with Crippen LogP contribution < -0.4 is 0 Å². The standard InChI is InChI=1S/C20H24N4O3S/c1-5-8-24(11-17-22-23-20(27-17)16-7-6-9-28-16)10-15(26)19-12(2)18(14(4)25)13(3)21-19/h6-7,9,21H,5,8,10-11H2,1-4H3. The average molecular weight is 401 g/mol. The molecular weight excluding hydrogens is 376 g/mol. The number of nitrogens with zero attached hydrogens (tertiary/aromatic N) is 3. The third-order valence-corrected chi connectivity index (χ3v) is 5.39. The summed E-state index contributed by atoms with van der Waals surface area (Å²) in [4.78, 5) is 30.7. The van der Waals surface area contributed by atoms with E-state index in [4.69, 9.17) is 4.42 Å². The van der Waals surface area contributed by atoms with E-state index in [9.17, 15) is 9.59 Å². The van der Waals surface area contributed by atoms with Gasteiger partial charge in [0.05, 0.1) is 23.7 Å². The van der Waals surface area contributed by atoms with Crippen molar-refractivity contribution in [3.63, 3.8) is 0 Å². The number of rotatable bonds is 9. The number of Topliss-reactive ketones (excluding diaryl/α,β-unsaturated/α-hetero) is 2. The molecule has 0 atom stereocenters. The maximum atomic E-state index is 12.9. The topological polar surface area (TPSA) is 92.1 Å². The summed E-state index contributed by atoms with van der Waals surface area (Å²) in [6.45, 7) is 8.53. The van der Waals surface area contributed by atoms with Crippen LogP contribution in [-0.2, 0) is 6.54 Å². The first kappa shape index (κ1) is 20.2. The molecule has 0 fully saturated rings. The van der Waals surface area contributed by atoms with E-state index >= 15 is 0 Å². The predicted molar refractivity (Wildman–Crippen MR) is 108 cm³/mol. The predicted octanol–water partition coefficient (Wildman–Crippen LogP) is 4.04. The highest BCUT2D eigenvalue weighted by molar-refractivity contribution is 7.13. The number of aromatic amines is 1. The van der Waals surface area contributed by atoms with Crippen molar-refractivity contribution in [3.05, 3.63) is 45.9 Å². The van der Waals surface area contributed by atoms with Gasteiger partial charge in [0.15, 0.2) is 11.6 Å². The highest BCUT2D eigenvalue weighted by Gasteiger charge is 2.22. The van der Waals surface area contributed by atoms with E-state index in [-0.39, 0.29) is 18.1 Å². The van der Waals surface area contributed by atoms with Crippen molar-refractivity contribution in [2.24, 2.45) is 0 Å². The molecule has 8 heteroatoms. The number of aryl methyl sites for hydroxylation is 1. The normalized spacial score (nSPS) is 11.3. The van der Waals surface area contributed by atoms with Crippen LogP contribution in [0.15, 0.2) is 21.9 Å². The Morgan fingerprint density at radius 1 is 1.29 bits per heavy atom. The third-order valence-electron chi connectivity index (χ3n) is 4.53. The number of thiophene rings is 1. The van der Waals surface area contributed by atoms with E-state index in [1.807, 2.05) is 36.3 Å². The number of carbonyl (C=O) groups is 2. The van der Waals surface area contributed by atoms with Crippen LogP contribution in [0.4, 0.5) is 0 Å². The Bertz CT molecular complexity index is 972. The minimum absolute atomic E-state index is 0.0392. The first-order chi connectivity index (χ1) is 13.4. The van der Waals surface area contributed by atoms with E-state index in [2.05, 4.69) is 22.1 Å². The first-order valence-electron chi connectivity index (χ1n) is 9.22. The maximum Gasteiger partial charge on any atom is 0.257 e. The number of ketones is 2. The van der Waals surface area contributed by atoms with Gasteiger partial charge in [-0.1, -0.05) is 13.0 Å². The molecule has 0 bridgehead atoms. The number of carbonyl (C=O) groups excluding carboxylic acids is 2. The number of hydrogen-bond acceptors (Lipinski definition) is 7. The molecule has 28 heavy (non-hydrogen) atoms. The van der Waals surface area contributed by atoms with Gasteiger partial charge >= 0.3 is 0 Å². The fraction of sp³-hybridized carbons (Fsp3) is 0.400. The zero-order chi connectivity index (χ0) is 20.3. The molecule has 3 rings (SSSR count). The molecule has 0 amide bonds. The zero-order valence-electron chi connectivity index (χ0n) is 16.5. The van der Waals surface area contributed by atoms with Gasteiger partial charge in [-0.2, -0.15) is 0 Å². The van der Waals surface area contributed by atoms with Crippen molar-refractivity contribution in [1.29, 1.82) is 0 Å². The van der Waals surface area contributed by atoms with Crippen molar-refractivity contribution in [2.45, 2.75) is 40.7 Å². The Morgan fingerprint density at radius 2 is 2.07 bits per heavy atom. The van der Waals surface area contributed by atoms with Crippen LogP contribution in [0.3, 0.4) is 0 Å². The van der Waals surface area contributed by atoms with Crippen LogP contribution in [0.25, 0.3) is 10.8 Å². The Labute approximate surface area is 167 Å². The molecule has 0 aromatic carbocycles. The van der Waals surface area contributed by atoms with Gasteiger partial charge < -0.3 is 9.40 Å². The highest BCUT2D eigenvalue weighted by atomic mass is 32.1. The summed E-state index contributed by atoms with van der Waals surface area (Å²) in [6, 6.07) is 3.86. The van der Waals surface area contributed by atoms with Gasteiger partial charge in [0, 0.05) is 11.3 Å². The molecule has 0 unspecified atom stereocenters. The van der Waals surface area contributed by atoms with Gasteiger partial charge in [-0.3, -0.25) is 14.5 Å². The minimum Gasteiger partial charge on any atom is -0.419 e. The van der Waals surface area contributed by atoms with Crippen LogP contribution in [0, 0.1) is 13.8 Å². The molecule has 0 saturated heterocycles. The number of nitrogens with one attached hydrogen (secondary N) is 1. The number of hydrogen-bond donors (Lipinski definition) is 1. The molecule has 0 saturated carbocycles. The van der Waals surface area contributed by atoms with Gasteiger partial charge in [-0.05, 0) is 50.7 Å². The summed E-state index contributed by atoms with van der Waals surface area (Å²) < 4.78 is 5.75. The largest absolute Gasteiger partial charge is 0.419 e. The Morgan fingerprint density at radius 3 is 2.68 bits per heavy atom. The van der Waals surface area contributed by atoms with Crippen LogP contribution >= 0.6 is 11.3 Å². The van der Waals surface area contributed by atoms with E-state index in [0.717, 1.165) is 23.5 Å². The molecule has 0 aliphatic rings. The molecule has 3 aromatic rings. The molecule has 0 aliphatic heterocycles. The molecular formula is C20H24N4O3S. The van der Waals surface area contributed by atoms with Crippen molar-refractivity contribution in [2.75, 3.05) is 13.1 Å². The maximum absolute atomic E-state index is 12.9. The van der Waals surface area contributed by atoms with E-state index in [1.165, 1.54) is 18.3 Å². The fourth-order valence-electron chi connectivity index (χ4n) is 3.38. The van der Waals surface area contributed by atoms with E-state index in [1.54, 1.807) is 0 Å². The van der Waals surface area contributed by atoms with E-state index in [0.29, 0.717) is 35.1 Å². The van der Waals surface area contributed by atoms with Crippen LogP contribution in [0.5, 0.6) is 0 Å². The second-order valence-corrected chi connectivity index (χ2v) is 7.74. The fourth-order valence-corrected chi connectivity index (χ4v) is 4.02. The molecule has 7 nitrogen and oxygen atoms in total. The van der Waals surface area contributed by atoms with Gasteiger partial charge in [0.25, 0.3) is 5.89 Å². The van der Waals surface area contributed by atoms with E-state index < -0.39 is 0 Å². The van der Waals surface area contributed by atoms with Gasteiger partial charge in [-0.15, -0.1) is 21.5 Å². The molecule has 0 aliphatic carbocycles. The lowest BCUT2D eigenvalue weighted by molar-refractivity contribution is 0.0914. The van der Waals surface area contributed by atoms with Crippen molar-refractivity contribution < 1.29 is 14.0 Å². The highest BCUT2D eigenvalue weighted by Crippen LogP contribution is 2.24. The summed E-state index contributed by atoms with van der Waals surface area (Å²) in [5.74, 6) is 0.880. The average Bonchev–Trinajstić information content (AvgIpc) is 3.35. The quantitative estimate of drug-likeness (QED) is 0.545. The zero-order valence-corrected chi connectivity index (χ0v) is 17.4. The first-order valence-corrected chi connectivity index (χ1v) is 10.1. The Kier molecular flexibility index (Phi) is 6.21. The smallest absolute Gasteiger partial charge is 0.257 e. The van der Waals surface area contributed by atoms with Crippen LogP contribution in [0.1, 0.15) is 58.3 Å². The summed E-state index contributed by atoms with van der Waals surface area (Å²) in [6.07, 6.45) is 0.890. The van der Waals surface area contributed by atoms with Gasteiger partial charge in [-0.25, -0.2) is 0 Å². The second-order valence-electron chi connectivity index (χ2n) is 6.79. The molecule has 1 N–H and O–H groups in total. The molecule has 3 heterocycles. The lowest BCUT2D eigenvalue weighted by Crippen LogP contribution is -2.31. The number of aromatic nitrogens is 3. The summed E-state index contributed by atoms with van der Waals surface area (Å²) >= 11 is 1.54. The van der Waals surface area contributed by atoms with Crippen molar-refractivity contribution in [3.8, 4) is 10.8 Å². The van der Waals surface area contributed by atoms with Crippen molar-refractivity contribution >= 4 is 22.9 Å². The van der Waals surface area contributed by atoms with Crippen LogP contribution in [0.2, 0.25) is 0 Å². The minimum atomic E-state index is -0.0560. The molecule has 0 spiro atoms. The second kappa shape index (κ2) is 8.62. The monoisotopic (exact) mass is 400 g/mol. The lowest BCUT2D eigenvalue weighted by Gasteiger charge is -2.18. The van der Waals surface area contributed by atoms with Crippen LogP contribution in [-0.4, -0.2) is 44.7 Å². The molecule has 0 radical (unpaired) electrons. The Hall–Kier alpha value is -2.58. The summed E-state index contributed by atoms with van der Waals surface area (Å²) in [5, 5.41) is 10.2. The van der Waals surface area contributed by atoms with Crippen molar-refractivity contribution in [1.82, 2.24) is 20.1 Å². The van der Waals surface area contributed by atoms with Gasteiger partial charge in [0.2, 0.25) is 5.89 Å². The summed E-state index contributed by atoms with van der Waals surface area (Å²) in [7, 11) is 0.